The van der Waals surface area contributed by atoms with Gasteiger partial charge in [-0.3, -0.25) is 0 Å². The van der Waals surface area contributed by atoms with Gasteiger partial charge in [-0.15, -0.1) is 0 Å². The molecule has 3 rings (SSSR count). The van der Waals surface area contributed by atoms with Gasteiger partial charge in [-0.1, -0.05) is 5.16 Å². The molecule has 0 spiro atoms. The molecule has 0 aliphatic heterocycles. The molecule has 0 amide bonds. The zero-order chi connectivity index (χ0) is 11.7. The van der Waals surface area contributed by atoms with Crippen molar-refractivity contribution in [2.75, 3.05) is 5.73 Å². The second-order valence-electron chi connectivity index (χ2n) is 3.36. The molecule has 7 nitrogen and oxygen atoms in total. The number of pyridine rings is 1. The van der Waals surface area contributed by atoms with E-state index in [1.807, 2.05) is 12.1 Å². The second kappa shape index (κ2) is 3.71. The van der Waals surface area contributed by atoms with E-state index >= 15 is 0 Å². The molecule has 3 heterocycles. The minimum Gasteiger partial charge on any atom is -0.381 e. The third kappa shape index (κ3) is 1.73. The van der Waals surface area contributed by atoms with Crippen LogP contribution in [-0.4, -0.2) is 24.9 Å². The fraction of sp³-hybridized carbons (Fsp3) is 0. The number of anilines is 1. The first-order valence-electron chi connectivity index (χ1n) is 4.86. The van der Waals surface area contributed by atoms with Gasteiger partial charge in [0.25, 0.3) is 0 Å². The number of rotatable bonds is 2. The van der Waals surface area contributed by atoms with E-state index < -0.39 is 0 Å². The molecule has 0 bridgehead atoms. The van der Waals surface area contributed by atoms with E-state index in [2.05, 4.69) is 20.2 Å². The van der Waals surface area contributed by atoms with Crippen LogP contribution < -0.4 is 5.73 Å². The average Bonchev–Trinajstić information content (AvgIpc) is 3.00. The van der Waals surface area contributed by atoms with E-state index in [0.29, 0.717) is 17.4 Å². The zero-order valence-electron chi connectivity index (χ0n) is 8.69. The normalized spacial score (nSPS) is 10.6. The molecule has 0 aliphatic carbocycles. The number of nitrogens with two attached hydrogens (primary N) is 1. The first-order valence-corrected chi connectivity index (χ1v) is 4.86. The first-order chi connectivity index (χ1) is 8.33. The number of nitrogen functional groups attached to an aromatic ring is 1. The third-order valence-electron chi connectivity index (χ3n) is 2.21. The summed E-state index contributed by atoms with van der Waals surface area (Å²) in [4.78, 5) is 8.09. The predicted molar refractivity (Wildman–Crippen MR) is 59.1 cm³/mol. The molecule has 0 saturated carbocycles. The van der Waals surface area contributed by atoms with Crippen molar-refractivity contribution >= 4 is 5.82 Å². The molecular weight excluding hydrogens is 220 g/mol. The van der Waals surface area contributed by atoms with Gasteiger partial charge in [0.2, 0.25) is 0 Å². The molecule has 84 valence electrons. The highest BCUT2D eigenvalue weighted by Gasteiger charge is 2.05. The van der Waals surface area contributed by atoms with Crippen LogP contribution in [0.3, 0.4) is 0 Å². The van der Waals surface area contributed by atoms with Gasteiger partial charge in [-0.25, -0.2) is 14.6 Å². The van der Waals surface area contributed by atoms with Crippen molar-refractivity contribution in [2.24, 2.45) is 0 Å². The average molecular weight is 228 g/mol. The van der Waals surface area contributed by atoms with E-state index in [-0.39, 0.29) is 0 Å². The Morgan fingerprint density at radius 3 is 2.82 bits per heavy atom. The predicted octanol–water partition coefficient (Wildman–Crippen LogP) is 0.899. The Hall–Kier alpha value is -2.70. The summed E-state index contributed by atoms with van der Waals surface area (Å²) in [6, 6.07) is 5.30. The van der Waals surface area contributed by atoms with E-state index in [4.69, 9.17) is 10.3 Å². The van der Waals surface area contributed by atoms with Gasteiger partial charge in [0, 0.05) is 17.8 Å². The molecule has 7 heteroatoms. The van der Waals surface area contributed by atoms with Crippen LogP contribution >= 0.6 is 0 Å². The van der Waals surface area contributed by atoms with E-state index in [9.17, 15) is 0 Å². The van der Waals surface area contributed by atoms with E-state index in [0.717, 1.165) is 5.56 Å². The zero-order valence-corrected chi connectivity index (χ0v) is 8.69. The fourth-order valence-corrected chi connectivity index (χ4v) is 1.42. The van der Waals surface area contributed by atoms with Crippen LogP contribution in [0.25, 0.3) is 17.1 Å². The molecule has 0 radical (unpaired) electrons. The van der Waals surface area contributed by atoms with Crippen molar-refractivity contribution in [3.63, 3.8) is 0 Å². The van der Waals surface area contributed by atoms with Gasteiger partial charge >= 0.3 is 0 Å². The minimum absolute atomic E-state index is 0.348. The molecule has 0 unspecified atom stereocenters. The smallest absolute Gasteiger partial charge is 0.170 e. The van der Waals surface area contributed by atoms with Crippen molar-refractivity contribution in [2.45, 2.75) is 0 Å². The van der Waals surface area contributed by atoms with Gasteiger partial charge in [0.1, 0.15) is 12.7 Å². The van der Waals surface area contributed by atoms with Crippen molar-refractivity contribution in [1.82, 2.24) is 24.9 Å². The summed E-state index contributed by atoms with van der Waals surface area (Å²) in [5.41, 5.74) is 6.28. The summed E-state index contributed by atoms with van der Waals surface area (Å²) in [5, 5.41) is 7.59. The number of nitrogens with zero attached hydrogens (tertiary/aromatic N) is 5. The number of hydrogen-bond donors (Lipinski definition) is 1. The third-order valence-corrected chi connectivity index (χ3v) is 2.21. The maximum atomic E-state index is 5.48. The summed E-state index contributed by atoms with van der Waals surface area (Å²) in [7, 11) is 0. The van der Waals surface area contributed by atoms with Gasteiger partial charge in [0.05, 0.1) is 0 Å². The fourth-order valence-electron chi connectivity index (χ4n) is 1.42. The summed E-state index contributed by atoms with van der Waals surface area (Å²) in [5.74, 6) is 1.61. The van der Waals surface area contributed by atoms with Crippen LogP contribution in [0.5, 0.6) is 0 Å². The van der Waals surface area contributed by atoms with Gasteiger partial charge in [-0.05, 0) is 12.1 Å². The molecule has 0 aromatic carbocycles. The van der Waals surface area contributed by atoms with Crippen molar-refractivity contribution < 1.29 is 4.52 Å². The van der Waals surface area contributed by atoms with Gasteiger partial charge < -0.3 is 10.3 Å². The molecule has 3 aromatic heterocycles. The van der Waals surface area contributed by atoms with Crippen LogP contribution in [-0.2, 0) is 0 Å². The number of hydrogen-bond acceptors (Lipinski definition) is 6. The Morgan fingerprint density at radius 2 is 2.24 bits per heavy atom. The molecule has 0 aliphatic rings. The molecule has 3 aromatic rings. The monoisotopic (exact) mass is 228 g/mol. The Morgan fingerprint density at radius 1 is 1.29 bits per heavy atom. The Balaban J connectivity index is 1.95. The lowest BCUT2D eigenvalue weighted by atomic mass is 10.2. The maximum Gasteiger partial charge on any atom is 0.170 e. The van der Waals surface area contributed by atoms with Crippen LogP contribution in [0, 0.1) is 0 Å². The van der Waals surface area contributed by atoms with Crippen LogP contribution in [0.15, 0.2) is 41.6 Å². The molecule has 0 saturated heterocycles. The lowest BCUT2D eigenvalue weighted by Crippen LogP contribution is -1.97. The van der Waals surface area contributed by atoms with E-state index in [1.54, 1.807) is 23.3 Å². The van der Waals surface area contributed by atoms with Gasteiger partial charge in [0.15, 0.2) is 17.4 Å². The molecule has 17 heavy (non-hydrogen) atoms. The minimum atomic E-state index is 0.348. The van der Waals surface area contributed by atoms with Crippen LogP contribution in [0.1, 0.15) is 0 Å². The highest BCUT2D eigenvalue weighted by Crippen LogP contribution is 2.20. The summed E-state index contributed by atoms with van der Waals surface area (Å²) in [6.45, 7) is 0. The van der Waals surface area contributed by atoms with Crippen molar-refractivity contribution in [3.8, 4) is 17.1 Å². The topological polar surface area (TPSA) is 95.7 Å². The lowest BCUT2D eigenvalue weighted by Gasteiger charge is -1.99. The van der Waals surface area contributed by atoms with Crippen molar-refractivity contribution in [1.29, 1.82) is 0 Å². The molecular formula is C10H8N6O. The Labute approximate surface area is 95.9 Å². The van der Waals surface area contributed by atoms with Gasteiger partial charge in [-0.2, -0.15) is 5.10 Å². The maximum absolute atomic E-state index is 5.48. The summed E-state index contributed by atoms with van der Waals surface area (Å²) < 4.78 is 6.60. The number of aromatic nitrogens is 5. The summed E-state index contributed by atoms with van der Waals surface area (Å²) in [6.07, 6.45) is 4.69. The SMILES string of the molecule is Nc1cc(-c2ccc(-n3cncn3)nc2)on1. The highest BCUT2D eigenvalue weighted by atomic mass is 16.5. The molecule has 2 N–H and O–H groups in total. The second-order valence-corrected chi connectivity index (χ2v) is 3.36. The Bertz CT molecular complexity index is 613. The van der Waals surface area contributed by atoms with E-state index in [1.165, 1.54) is 6.33 Å². The Kier molecular flexibility index (Phi) is 2.08. The first kappa shape index (κ1) is 9.52. The lowest BCUT2D eigenvalue weighted by molar-refractivity contribution is 0.435. The highest BCUT2D eigenvalue weighted by molar-refractivity contribution is 5.59. The van der Waals surface area contributed by atoms with Crippen molar-refractivity contribution in [3.05, 3.63) is 37.1 Å². The standard InChI is InChI=1S/C10H8N6O/c11-9-3-8(17-15-9)7-1-2-10(13-4-7)16-6-12-5-14-16/h1-6H,(H2,11,15). The quantitative estimate of drug-likeness (QED) is 0.700. The molecule has 0 atom stereocenters. The largest absolute Gasteiger partial charge is 0.381 e. The van der Waals surface area contributed by atoms with Crippen LogP contribution in [0.4, 0.5) is 5.82 Å². The van der Waals surface area contributed by atoms with Crippen LogP contribution in [0.2, 0.25) is 0 Å². The molecule has 0 fully saturated rings. The summed E-state index contributed by atoms with van der Waals surface area (Å²) >= 11 is 0.